The highest BCUT2D eigenvalue weighted by molar-refractivity contribution is 6.07. The first-order chi connectivity index (χ1) is 12.4. The van der Waals surface area contributed by atoms with Crippen LogP contribution in [0, 0.1) is 0 Å². The molecule has 3 heterocycles. The number of rotatable bonds is 2. The summed E-state index contributed by atoms with van der Waals surface area (Å²) in [5.41, 5.74) is 1.41. The van der Waals surface area contributed by atoms with Crippen LogP contribution in [-0.2, 0) is 16.6 Å². The zero-order valence-electron chi connectivity index (χ0n) is 15.4. The first kappa shape index (κ1) is 17.1. The molecule has 2 fully saturated rings. The maximum Gasteiger partial charge on any atom is 0.256 e. The minimum absolute atomic E-state index is 0.0344. The second-order valence-corrected chi connectivity index (χ2v) is 7.37. The maximum atomic E-state index is 13.0. The van der Waals surface area contributed by atoms with Gasteiger partial charge in [0.2, 0.25) is 5.91 Å². The molecular weight excluding hydrogens is 332 g/mol. The van der Waals surface area contributed by atoms with Gasteiger partial charge >= 0.3 is 0 Å². The average molecular weight is 356 g/mol. The third kappa shape index (κ3) is 2.59. The number of ether oxygens (including phenoxy) is 1. The summed E-state index contributed by atoms with van der Waals surface area (Å²) in [6, 6.07) is 7.66. The Labute approximate surface area is 152 Å². The van der Waals surface area contributed by atoms with Crippen LogP contribution < -0.4 is 5.32 Å². The number of carbonyl (C=O) groups is 2. The van der Waals surface area contributed by atoms with Gasteiger partial charge in [0.1, 0.15) is 11.6 Å². The number of morpholine rings is 1. The van der Waals surface area contributed by atoms with E-state index < -0.39 is 0 Å². The van der Waals surface area contributed by atoms with Crippen LogP contribution in [0.25, 0.3) is 10.9 Å². The molecule has 0 radical (unpaired) electrons. The van der Waals surface area contributed by atoms with Crippen molar-refractivity contribution in [1.29, 1.82) is 0 Å². The van der Waals surface area contributed by atoms with Gasteiger partial charge in [-0.2, -0.15) is 0 Å². The number of fused-ring (bicyclic) bond motifs is 1. The van der Waals surface area contributed by atoms with E-state index in [2.05, 4.69) is 5.32 Å². The predicted octanol–water partition coefficient (Wildman–Crippen LogP) is 0.450. The Morgan fingerprint density at radius 1 is 1.19 bits per heavy atom. The van der Waals surface area contributed by atoms with Gasteiger partial charge in [0.15, 0.2) is 0 Å². The highest BCUT2D eigenvalue weighted by Crippen LogP contribution is 2.33. The number of nitrogens with zero attached hydrogens (tertiary/aromatic N) is 3. The standard InChI is InChI=1S/C19H24N4O3/c1-20-17(24)16-9-26-19(10-22(16)3)11-23(12-19)18(25)14-8-21(2)15-7-5-4-6-13(14)15/h4-8,16H,9-12H2,1-3H3,(H,20,24)/t16-/m0/s1. The minimum atomic E-state index is -0.362. The van der Waals surface area contributed by atoms with E-state index in [1.807, 2.05) is 58.9 Å². The summed E-state index contributed by atoms with van der Waals surface area (Å²) >= 11 is 0. The van der Waals surface area contributed by atoms with Crippen molar-refractivity contribution >= 4 is 22.7 Å². The summed E-state index contributed by atoms with van der Waals surface area (Å²) < 4.78 is 8.00. The number of benzene rings is 1. The van der Waals surface area contributed by atoms with E-state index in [9.17, 15) is 9.59 Å². The normalized spacial score (nSPS) is 22.4. The van der Waals surface area contributed by atoms with E-state index in [0.717, 1.165) is 16.5 Å². The lowest BCUT2D eigenvalue weighted by Crippen LogP contribution is -2.73. The zero-order valence-corrected chi connectivity index (χ0v) is 15.4. The van der Waals surface area contributed by atoms with E-state index >= 15 is 0 Å². The summed E-state index contributed by atoms with van der Waals surface area (Å²) in [6.45, 7) is 2.11. The molecule has 1 aromatic heterocycles. The van der Waals surface area contributed by atoms with Crippen LogP contribution in [0.3, 0.4) is 0 Å². The van der Waals surface area contributed by atoms with Crippen LogP contribution in [0.4, 0.5) is 0 Å². The van der Waals surface area contributed by atoms with Crippen LogP contribution in [0.1, 0.15) is 10.4 Å². The molecule has 1 spiro atoms. The van der Waals surface area contributed by atoms with Gasteiger partial charge in [-0.1, -0.05) is 18.2 Å². The molecule has 138 valence electrons. The Hall–Kier alpha value is -2.38. The molecule has 0 unspecified atom stereocenters. The maximum absolute atomic E-state index is 13.0. The molecule has 2 aliphatic heterocycles. The first-order valence-corrected chi connectivity index (χ1v) is 8.83. The quantitative estimate of drug-likeness (QED) is 0.849. The molecule has 7 nitrogen and oxygen atoms in total. The number of carbonyl (C=O) groups excluding carboxylic acids is 2. The number of aryl methyl sites for hydroxylation is 1. The molecule has 1 aromatic carbocycles. The molecule has 2 amide bonds. The monoisotopic (exact) mass is 356 g/mol. The molecule has 7 heteroatoms. The summed E-state index contributed by atoms with van der Waals surface area (Å²) in [5, 5.41) is 3.64. The number of para-hydroxylation sites is 1. The Kier molecular flexibility index (Phi) is 4.00. The van der Waals surface area contributed by atoms with Crippen LogP contribution in [-0.4, -0.2) is 78.2 Å². The highest BCUT2D eigenvalue weighted by atomic mass is 16.5. The van der Waals surface area contributed by atoms with Crippen molar-refractivity contribution in [2.75, 3.05) is 40.3 Å². The fraction of sp³-hybridized carbons (Fsp3) is 0.474. The summed E-state index contributed by atoms with van der Waals surface area (Å²) in [6.07, 6.45) is 1.90. The van der Waals surface area contributed by atoms with E-state index in [0.29, 0.717) is 26.2 Å². The molecule has 26 heavy (non-hydrogen) atoms. The molecule has 0 bridgehead atoms. The Morgan fingerprint density at radius 3 is 2.62 bits per heavy atom. The van der Waals surface area contributed by atoms with Crippen molar-refractivity contribution in [3.05, 3.63) is 36.0 Å². The van der Waals surface area contributed by atoms with Gasteiger partial charge in [0.25, 0.3) is 5.91 Å². The lowest BCUT2D eigenvalue weighted by molar-refractivity contribution is -0.187. The fourth-order valence-electron chi connectivity index (χ4n) is 4.10. The molecular formula is C19H24N4O3. The van der Waals surface area contributed by atoms with E-state index in [1.54, 1.807) is 7.05 Å². The van der Waals surface area contributed by atoms with Crippen LogP contribution >= 0.6 is 0 Å². The van der Waals surface area contributed by atoms with Crippen molar-refractivity contribution in [1.82, 2.24) is 19.7 Å². The molecule has 0 aliphatic carbocycles. The van der Waals surface area contributed by atoms with Gasteiger partial charge < -0.3 is 19.5 Å². The van der Waals surface area contributed by atoms with Crippen LogP contribution in [0.15, 0.2) is 30.5 Å². The lowest BCUT2D eigenvalue weighted by Gasteiger charge is -2.54. The van der Waals surface area contributed by atoms with Gasteiger partial charge in [-0.05, 0) is 13.1 Å². The molecule has 1 N–H and O–H groups in total. The lowest BCUT2D eigenvalue weighted by atomic mass is 9.90. The average Bonchev–Trinajstić information content (AvgIpc) is 2.95. The van der Waals surface area contributed by atoms with Crippen molar-refractivity contribution in [3.8, 4) is 0 Å². The number of hydrogen-bond donors (Lipinski definition) is 1. The predicted molar refractivity (Wildman–Crippen MR) is 98.0 cm³/mol. The number of aromatic nitrogens is 1. The van der Waals surface area contributed by atoms with Gasteiger partial charge in [-0.15, -0.1) is 0 Å². The molecule has 2 saturated heterocycles. The third-order valence-electron chi connectivity index (χ3n) is 5.54. The zero-order chi connectivity index (χ0) is 18.5. The van der Waals surface area contributed by atoms with Gasteiger partial charge in [-0.3, -0.25) is 14.5 Å². The number of amides is 2. The van der Waals surface area contributed by atoms with Crippen LogP contribution in [0.5, 0.6) is 0 Å². The Morgan fingerprint density at radius 2 is 1.92 bits per heavy atom. The number of likely N-dealkylation sites (N-methyl/N-ethyl adjacent to an activating group) is 2. The minimum Gasteiger partial charge on any atom is -0.368 e. The van der Waals surface area contributed by atoms with Crippen LogP contribution in [0.2, 0.25) is 0 Å². The largest absolute Gasteiger partial charge is 0.368 e. The van der Waals surface area contributed by atoms with Gasteiger partial charge in [0.05, 0.1) is 25.3 Å². The van der Waals surface area contributed by atoms with Gasteiger partial charge in [-0.25, -0.2) is 0 Å². The summed E-state index contributed by atoms with van der Waals surface area (Å²) in [5.74, 6) is -0.00235. The van der Waals surface area contributed by atoms with Crippen molar-refractivity contribution in [2.45, 2.75) is 11.6 Å². The fourth-order valence-corrected chi connectivity index (χ4v) is 4.10. The van der Waals surface area contributed by atoms with Gasteiger partial charge in [0, 0.05) is 37.7 Å². The van der Waals surface area contributed by atoms with Crippen molar-refractivity contribution in [2.24, 2.45) is 7.05 Å². The smallest absolute Gasteiger partial charge is 0.256 e. The molecule has 2 aliphatic rings. The molecule has 2 aromatic rings. The number of hydrogen-bond acceptors (Lipinski definition) is 4. The van der Waals surface area contributed by atoms with Crippen molar-refractivity contribution in [3.63, 3.8) is 0 Å². The molecule has 4 rings (SSSR count). The third-order valence-corrected chi connectivity index (χ3v) is 5.54. The van der Waals surface area contributed by atoms with Crippen molar-refractivity contribution < 1.29 is 14.3 Å². The number of likely N-dealkylation sites (tertiary alicyclic amines) is 1. The summed E-state index contributed by atoms with van der Waals surface area (Å²) in [4.78, 5) is 28.7. The second-order valence-electron chi connectivity index (χ2n) is 7.37. The van der Waals surface area contributed by atoms with E-state index in [1.165, 1.54) is 0 Å². The SMILES string of the molecule is CNC(=O)[C@@H]1COC2(CN(C(=O)c3cn(C)c4ccccc34)C2)CN1C. The van der Waals surface area contributed by atoms with E-state index in [-0.39, 0.29) is 23.5 Å². The first-order valence-electron chi connectivity index (χ1n) is 8.83. The Bertz CT molecular complexity index is 869. The molecule has 1 atom stereocenters. The number of nitrogens with one attached hydrogen (secondary N) is 1. The second kappa shape index (κ2) is 6.10. The summed E-state index contributed by atoms with van der Waals surface area (Å²) in [7, 11) is 5.52. The Balaban J connectivity index is 1.46. The topological polar surface area (TPSA) is 66.8 Å². The highest BCUT2D eigenvalue weighted by Gasteiger charge is 2.51. The molecule has 0 saturated carbocycles. The van der Waals surface area contributed by atoms with E-state index in [4.69, 9.17) is 4.74 Å².